The van der Waals surface area contributed by atoms with Crippen LogP contribution < -0.4 is 0 Å². The number of carboxylic acids is 1. The Morgan fingerprint density at radius 1 is 0.300 bits per heavy atom. The van der Waals surface area contributed by atoms with Gasteiger partial charge in [0.2, 0.25) is 0 Å². The highest BCUT2D eigenvalue weighted by molar-refractivity contribution is 5.70. The first kappa shape index (κ1) is 68.4. The summed E-state index contributed by atoms with van der Waals surface area (Å²) in [6.45, 7) is -7.71. The maximum atomic E-state index is 13.1. The number of hydrogen-bond acceptors (Lipinski definition) is 21. The summed E-state index contributed by atoms with van der Waals surface area (Å²) in [4.78, 5) is 13.1. The molecule has 0 aliphatic carbocycles. The predicted molar refractivity (Wildman–Crippen MR) is 253 cm³/mol. The molecule has 0 heterocycles. The fourth-order valence-electron chi connectivity index (χ4n) is 10.3. The Balaban J connectivity index is 8.39. The van der Waals surface area contributed by atoms with Crippen molar-refractivity contribution in [1.29, 1.82) is 0 Å². The Morgan fingerprint density at radius 3 is 1.00 bits per heavy atom. The maximum Gasteiger partial charge on any atom is 0.306 e. The molecule has 0 bridgehead atoms. The van der Waals surface area contributed by atoms with Gasteiger partial charge in [-0.1, -0.05) is 44.3 Å². The van der Waals surface area contributed by atoms with Gasteiger partial charge in [0.1, 0.15) is 0 Å². The molecule has 22 heteroatoms. The van der Waals surface area contributed by atoms with Gasteiger partial charge in [-0.3, -0.25) is 4.79 Å². The highest BCUT2D eigenvalue weighted by Gasteiger charge is 2.47. The third kappa shape index (κ3) is 27.6. The van der Waals surface area contributed by atoms with Crippen molar-refractivity contribution < 1.29 is 112 Å². The second kappa shape index (κ2) is 39.8. The van der Waals surface area contributed by atoms with Gasteiger partial charge in [-0.25, -0.2) is 0 Å². The van der Waals surface area contributed by atoms with Crippen molar-refractivity contribution >= 4 is 5.97 Å². The van der Waals surface area contributed by atoms with Gasteiger partial charge in [-0.2, -0.15) is 0 Å². The first-order valence-corrected chi connectivity index (χ1v) is 25.0. The predicted octanol–water partition coefficient (Wildman–Crippen LogP) is -4.05. The van der Waals surface area contributed by atoms with Crippen LogP contribution in [0.3, 0.4) is 0 Å². The van der Waals surface area contributed by atoms with Gasteiger partial charge in [-0.05, 0) is 118 Å². The summed E-state index contributed by atoms with van der Waals surface area (Å²) in [6, 6.07) is 0. The van der Waals surface area contributed by atoms with E-state index in [1.807, 2.05) is 0 Å². The van der Waals surface area contributed by atoms with Crippen LogP contribution in [-0.2, 0) is 4.79 Å². The van der Waals surface area contributed by atoms with Crippen LogP contribution in [0.1, 0.15) is 103 Å². The van der Waals surface area contributed by atoms with Crippen LogP contribution in [0.15, 0.2) is 12.2 Å². The first-order valence-electron chi connectivity index (χ1n) is 25.0. The molecule has 0 saturated heterocycles. The van der Waals surface area contributed by atoms with Crippen molar-refractivity contribution in [3.63, 3.8) is 0 Å². The number of hydrogen-bond donors (Lipinski definition) is 21. The van der Waals surface area contributed by atoms with Crippen molar-refractivity contribution in [2.45, 2.75) is 164 Å². The third-order valence-electron chi connectivity index (χ3n) is 13.9. The molecular weight excluding hydrogens is 929 g/mol. The minimum absolute atomic E-state index is 0.0288. The smallest absolute Gasteiger partial charge is 0.306 e. The Morgan fingerprint density at radius 2 is 0.586 bits per heavy atom. The lowest BCUT2D eigenvalue weighted by molar-refractivity contribution is -0.149. The van der Waals surface area contributed by atoms with E-state index in [0.717, 1.165) is 12.8 Å². The lowest BCUT2D eigenvalue weighted by Crippen LogP contribution is -2.46. The lowest BCUT2D eigenvalue weighted by atomic mass is 9.59. The van der Waals surface area contributed by atoms with Gasteiger partial charge >= 0.3 is 5.97 Å². The molecule has 0 aliphatic heterocycles. The average molecular weight is 1020 g/mol. The fraction of sp³-hybridized carbons (Fsp3) is 0.938. The number of carbonyl (C=O) groups is 1. The van der Waals surface area contributed by atoms with Crippen LogP contribution in [0.4, 0.5) is 0 Å². The molecule has 0 amide bonds. The number of aliphatic hydroxyl groups excluding tert-OH is 20. The molecule has 0 aromatic rings. The van der Waals surface area contributed by atoms with E-state index in [1.165, 1.54) is 0 Å². The van der Waals surface area contributed by atoms with Crippen LogP contribution in [-0.4, -0.2) is 240 Å². The zero-order valence-corrected chi connectivity index (χ0v) is 40.8. The summed E-state index contributed by atoms with van der Waals surface area (Å²) in [5, 5.41) is 220. The third-order valence-corrected chi connectivity index (χ3v) is 13.9. The van der Waals surface area contributed by atoms with Crippen molar-refractivity contribution in [3.8, 4) is 0 Å². The summed E-state index contributed by atoms with van der Waals surface area (Å²) >= 11 is 0. The van der Waals surface area contributed by atoms with Crippen LogP contribution in [0.25, 0.3) is 0 Å². The molecule has 418 valence electrons. The second-order valence-electron chi connectivity index (χ2n) is 19.6. The van der Waals surface area contributed by atoms with E-state index in [1.54, 1.807) is 12.2 Å². The molecule has 0 aliphatic rings. The summed E-state index contributed by atoms with van der Waals surface area (Å²) in [5.74, 6) is -11.7. The Kier molecular flexibility index (Phi) is 38.9. The fourth-order valence-corrected chi connectivity index (χ4v) is 10.3. The van der Waals surface area contributed by atoms with E-state index in [4.69, 9.17) is 5.11 Å². The maximum absolute atomic E-state index is 13.1. The zero-order valence-electron chi connectivity index (χ0n) is 40.8. The molecule has 0 radical (unpaired) electrons. The van der Waals surface area contributed by atoms with Crippen LogP contribution in [0.5, 0.6) is 0 Å². The standard InChI is InChI=1S/C48H94O22/c49-19-32(59)7-5-3-1-2-4-6-29(10-33(60)20-50)30(11-34(61)21-51)8-9-31(12-35(62)22-52)42(13-36(63)23-53)43(14-37(64)24-54)44(15-38(65)25-55)45(16-39(66)26-56)46(17-40(67)27-57)47(48(69)70)18-41(68)28-58/h8-9,29-47,49-68H,1-7,10-28H2,(H,69,70). The minimum atomic E-state index is -1.67. The van der Waals surface area contributed by atoms with E-state index >= 15 is 0 Å². The first-order chi connectivity index (χ1) is 33.2. The van der Waals surface area contributed by atoms with Gasteiger partial charge in [0.15, 0.2) is 0 Å². The van der Waals surface area contributed by atoms with Crippen molar-refractivity contribution in [2.75, 3.05) is 66.1 Å². The molecule has 19 unspecified atom stereocenters. The quantitative estimate of drug-likeness (QED) is 0.0204. The molecule has 0 spiro atoms. The largest absolute Gasteiger partial charge is 0.481 e. The number of aliphatic hydroxyl groups is 20. The van der Waals surface area contributed by atoms with Crippen LogP contribution in [0.2, 0.25) is 0 Å². The summed E-state index contributed by atoms with van der Waals surface area (Å²) in [6.07, 6.45) is -10.3. The van der Waals surface area contributed by atoms with E-state index in [9.17, 15) is 107 Å². The number of aliphatic carboxylic acids is 1. The molecular formula is C48H94O22. The molecule has 21 N–H and O–H groups in total. The second-order valence-corrected chi connectivity index (χ2v) is 19.6. The SMILES string of the molecule is O=C(O)C(CC(O)CO)C(CC(O)CO)C(CC(O)CO)C(CC(O)CO)C(CC(O)CO)C(CC(O)CO)C(C=CC(CC(O)CO)C(CCCCCCCC(O)CO)CC(O)CO)CC(O)CO. The number of unbranched alkanes of at least 4 members (excludes halogenated alkanes) is 4. The summed E-state index contributed by atoms with van der Waals surface area (Å²) in [5.41, 5.74) is 0. The lowest BCUT2D eigenvalue weighted by Gasteiger charge is -2.47. The average Bonchev–Trinajstić information content (AvgIpc) is 3.35. The molecule has 22 nitrogen and oxygen atoms in total. The van der Waals surface area contributed by atoms with Crippen LogP contribution >= 0.6 is 0 Å². The van der Waals surface area contributed by atoms with Gasteiger partial charge in [0, 0.05) is 0 Å². The van der Waals surface area contributed by atoms with Crippen LogP contribution in [0, 0.1) is 53.3 Å². The van der Waals surface area contributed by atoms with Gasteiger partial charge in [0.05, 0.1) is 133 Å². The normalized spacial score (nSPS) is 20.7. The Hall–Kier alpha value is -1.59. The van der Waals surface area contributed by atoms with Crippen molar-refractivity contribution in [3.05, 3.63) is 12.2 Å². The molecule has 0 aromatic heterocycles. The van der Waals surface area contributed by atoms with E-state index in [-0.39, 0.29) is 25.9 Å². The molecule has 0 fully saturated rings. The topological polar surface area (TPSA) is 442 Å². The van der Waals surface area contributed by atoms with E-state index in [0.29, 0.717) is 32.1 Å². The molecule has 19 atom stereocenters. The van der Waals surface area contributed by atoms with Gasteiger partial charge in [-0.15, -0.1) is 0 Å². The molecule has 0 rings (SSSR count). The summed E-state index contributed by atoms with van der Waals surface area (Å²) in [7, 11) is 0. The number of allylic oxidation sites excluding steroid dienone is 2. The van der Waals surface area contributed by atoms with Gasteiger partial charge in [0.25, 0.3) is 0 Å². The number of rotatable bonds is 46. The Labute approximate surface area is 412 Å². The van der Waals surface area contributed by atoms with Crippen molar-refractivity contribution in [1.82, 2.24) is 0 Å². The molecule has 70 heavy (non-hydrogen) atoms. The Bertz CT molecular complexity index is 1290. The minimum Gasteiger partial charge on any atom is -0.481 e. The van der Waals surface area contributed by atoms with Gasteiger partial charge < -0.3 is 107 Å². The van der Waals surface area contributed by atoms with E-state index in [2.05, 4.69) is 0 Å². The zero-order chi connectivity index (χ0) is 53.3. The van der Waals surface area contributed by atoms with E-state index < -0.39 is 218 Å². The molecule has 0 aromatic carbocycles. The summed E-state index contributed by atoms with van der Waals surface area (Å²) < 4.78 is 0. The van der Waals surface area contributed by atoms with Crippen molar-refractivity contribution in [2.24, 2.45) is 53.3 Å². The molecule has 0 saturated carbocycles. The highest BCUT2D eigenvalue weighted by atomic mass is 16.4. The highest BCUT2D eigenvalue weighted by Crippen LogP contribution is 2.48. The number of carboxylic acid groups (broad SMARTS) is 1. The monoisotopic (exact) mass is 1020 g/mol.